The van der Waals surface area contributed by atoms with E-state index in [0.29, 0.717) is 63.4 Å². The first-order valence-corrected chi connectivity index (χ1v) is 10.5. The molecule has 3 amide bonds. The Kier molecular flexibility index (Phi) is 5.88. The molecule has 30 heavy (non-hydrogen) atoms. The normalized spacial score (nSPS) is 17.8. The van der Waals surface area contributed by atoms with Crippen LogP contribution >= 0.6 is 0 Å². The second-order valence-electron chi connectivity index (χ2n) is 8.03. The molecule has 2 aliphatic heterocycles. The highest BCUT2D eigenvalue weighted by Gasteiger charge is 2.33. The van der Waals surface area contributed by atoms with Gasteiger partial charge in [0.15, 0.2) is 5.76 Å². The minimum Gasteiger partial charge on any atom is -0.459 e. The summed E-state index contributed by atoms with van der Waals surface area (Å²) in [6, 6.07) is 11.0. The second-order valence-corrected chi connectivity index (χ2v) is 8.03. The van der Waals surface area contributed by atoms with Gasteiger partial charge >= 0.3 is 0 Å². The van der Waals surface area contributed by atoms with E-state index in [1.807, 2.05) is 41.0 Å². The number of furan rings is 1. The molecule has 0 radical (unpaired) electrons. The van der Waals surface area contributed by atoms with Crippen LogP contribution in [-0.2, 0) is 4.79 Å². The molecule has 1 aromatic carbocycles. The molecule has 3 heterocycles. The Bertz CT molecular complexity index is 891. The van der Waals surface area contributed by atoms with Crippen LogP contribution in [0.5, 0.6) is 0 Å². The summed E-state index contributed by atoms with van der Waals surface area (Å²) in [5.74, 6) is 0.322. The molecule has 0 bridgehead atoms. The quantitative estimate of drug-likeness (QED) is 0.780. The smallest absolute Gasteiger partial charge is 0.289 e. The third kappa shape index (κ3) is 4.25. The van der Waals surface area contributed by atoms with Gasteiger partial charge < -0.3 is 19.1 Å². The highest BCUT2D eigenvalue weighted by Crippen LogP contribution is 2.22. The highest BCUT2D eigenvalue weighted by atomic mass is 16.3. The number of carbonyl (C=O) groups is 3. The van der Waals surface area contributed by atoms with Gasteiger partial charge in [0.1, 0.15) is 0 Å². The minimum absolute atomic E-state index is 0.0333. The molecule has 0 spiro atoms. The van der Waals surface area contributed by atoms with Crippen LogP contribution in [0.2, 0.25) is 0 Å². The molecule has 2 aromatic rings. The molecule has 0 aliphatic carbocycles. The Labute approximate surface area is 176 Å². The van der Waals surface area contributed by atoms with Crippen LogP contribution in [0.15, 0.2) is 47.1 Å². The van der Waals surface area contributed by atoms with E-state index in [1.54, 1.807) is 17.0 Å². The Hall–Kier alpha value is -3.09. The molecule has 2 saturated heterocycles. The lowest BCUT2D eigenvalue weighted by atomic mass is 9.94. The summed E-state index contributed by atoms with van der Waals surface area (Å²) in [5.41, 5.74) is 1.82. The van der Waals surface area contributed by atoms with E-state index < -0.39 is 0 Å². The predicted molar refractivity (Wildman–Crippen MR) is 111 cm³/mol. The van der Waals surface area contributed by atoms with Crippen LogP contribution in [0, 0.1) is 12.8 Å². The Morgan fingerprint density at radius 1 is 0.800 bits per heavy atom. The maximum atomic E-state index is 12.9. The maximum Gasteiger partial charge on any atom is 0.289 e. The fourth-order valence-electron chi connectivity index (χ4n) is 4.15. The molecule has 0 unspecified atom stereocenters. The zero-order valence-electron chi connectivity index (χ0n) is 17.3. The van der Waals surface area contributed by atoms with Crippen LogP contribution in [0.4, 0.5) is 0 Å². The lowest BCUT2D eigenvalue weighted by molar-refractivity contribution is -0.138. The van der Waals surface area contributed by atoms with Crippen LogP contribution in [0.3, 0.4) is 0 Å². The topological polar surface area (TPSA) is 74.1 Å². The Morgan fingerprint density at radius 2 is 1.40 bits per heavy atom. The number of benzene rings is 1. The first kappa shape index (κ1) is 20.2. The zero-order valence-corrected chi connectivity index (χ0v) is 17.3. The average Bonchev–Trinajstić information content (AvgIpc) is 3.33. The van der Waals surface area contributed by atoms with Crippen molar-refractivity contribution in [1.29, 1.82) is 0 Å². The van der Waals surface area contributed by atoms with Crippen LogP contribution in [0.1, 0.15) is 39.3 Å². The lowest BCUT2D eigenvalue weighted by Gasteiger charge is -2.38. The van der Waals surface area contributed by atoms with Crippen molar-refractivity contribution in [3.8, 4) is 0 Å². The maximum absolute atomic E-state index is 12.9. The van der Waals surface area contributed by atoms with Gasteiger partial charge in [-0.15, -0.1) is 0 Å². The van der Waals surface area contributed by atoms with E-state index in [9.17, 15) is 14.4 Å². The lowest BCUT2D eigenvalue weighted by Crippen LogP contribution is -2.53. The monoisotopic (exact) mass is 409 g/mol. The van der Waals surface area contributed by atoms with E-state index in [-0.39, 0.29) is 23.6 Å². The van der Waals surface area contributed by atoms with Crippen molar-refractivity contribution >= 4 is 17.7 Å². The molecular formula is C23H27N3O4. The molecule has 1 aromatic heterocycles. The molecular weight excluding hydrogens is 382 g/mol. The van der Waals surface area contributed by atoms with Crippen molar-refractivity contribution in [2.24, 2.45) is 5.92 Å². The number of hydrogen-bond acceptors (Lipinski definition) is 4. The van der Waals surface area contributed by atoms with E-state index in [0.717, 1.165) is 5.56 Å². The van der Waals surface area contributed by atoms with Gasteiger partial charge in [-0.3, -0.25) is 14.4 Å². The Balaban J connectivity index is 1.26. The van der Waals surface area contributed by atoms with Gasteiger partial charge in [0.05, 0.1) is 6.26 Å². The standard InChI is InChI=1S/C23H27N3O4/c1-17-4-6-18(7-5-17)21(27)24-10-8-19(9-11-24)22(28)25-12-14-26(15-13-25)23(29)20-3-2-16-30-20/h2-7,16,19H,8-15H2,1H3. The Morgan fingerprint density at radius 3 is 2.00 bits per heavy atom. The zero-order chi connectivity index (χ0) is 21.1. The van der Waals surface area contributed by atoms with Crippen LogP contribution in [0.25, 0.3) is 0 Å². The molecule has 7 heteroatoms. The van der Waals surface area contributed by atoms with E-state index >= 15 is 0 Å². The first-order valence-electron chi connectivity index (χ1n) is 10.5. The second kappa shape index (κ2) is 8.73. The number of carbonyl (C=O) groups excluding carboxylic acids is 3. The van der Waals surface area contributed by atoms with Crippen LogP contribution in [-0.4, -0.2) is 71.7 Å². The number of aryl methyl sites for hydroxylation is 1. The average molecular weight is 409 g/mol. The van der Waals surface area contributed by atoms with Crippen molar-refractivity contribution in [2.45, 2.75) is 19.8 Å². The summed E-state index contributed by atoms with van der Waals surface area (Å²) >= 11 is 0. The summed E-state index contributed by atoms with van der Waals surface area (Å²) in [7, 11) is 0. The molecule has 0 atom stereocenters. The van der Waals surface area contributed by atoms with Crippen molar-refractivity contribution in [3.63, 3.8) is 0 Å². The summed E-state index contributed by atoms with van der Waals surface area (Å²) in [4.78, 5) is 43.4. The van der Waals surface area contributed by atoms with E-state index in [1.165, 1.54) is 6.26 Å². The predicted octanol–water partition coefficient (Wildman–Crippen LogP) is 2.42. The third-order valence-electron chi connectivity index (χ3n) is 6.04. The SMILES string of the molecule is Cc1ccc(C(=O)N2CCC(C(=O)N3CCN(C(=O)c4ccco4)CC3)CC2)cc1. The molecule has 158 valence electrons. The fraction of sp³-hybridized carbons (Fsp3) is 0.435. The largest absolute Gasteiger partial charge is 0.459 e. The minimum atomic E-state index is -0.130. The molecule has 4 rings (SSSR count). The van der Waals surface area contributed by atoms with Gasteiger partial charge in [0.2, 0.25) is 5.91 Å². The van der Waals surface area contributed by atoms with Crippen LogP contribution < -0.4 is 0 Å². The number of piperidine rings is 1. The number of hydrogen-bond donors (Lipinski definition) is 0. The molecule has 7 nitrogen and oxygen atoms in total. The summed E-state index contributed by atoms with van der Waals surface area (Å²) in [6.07, 6.45) is 2.85. The first-order chi connectivity index (χ1) is 14.5. The van der Waals surface area contributed by atoms with Gasteiger partial charge in [-0.25, -0.2) is 0 Å². The highest BCUT2D eigenvalue weighted by molar-refractivity contribution is 5.94. The molecule has 2 fully saturated rings. The van der Waals surface area contributed by atoms with Gasteiger partial charge in [0.25, 0.3) is 11.8 Å². The van der Waals surface area contributed by atoms with Crippen molar-refractivity contribution in [1.82, 2.24) is 14.7 Å². The van der Waals surface area contributed by atoms with E-state index in [4.69, 9.17) is 4.42 Å². The van der Waals surface area contributed by atoms with Gasteiger partial charge in [-0.05, 0) is 44.0 Å². The van der Waals surface area contributed by atoms with Crippen molar-refractivity contribution in [2.75, 3.05) is 39.3 Å². The van der Waals surface area contributed by atoms with Gasteiger partial charge in [0, 0.05) is 50.7 Å². The van der Waals surface area contributed by atoms with E-state index in [2.05, 4.69) is 0 Å². The molecule has 0 saturated carbocycles. The number of amides is 3. The van der Waals surface area contributed by atoms with Gasteiger partial charge in [-0.2, -0.15) is 0 Å². The molecule has 2 aliphatic rings. The fourth-order valence-corrected chi connectivity index (χ4v) is 4.15. The van der Waals surface area contributed by atoms with Crippen molar-refractivity contribution < 1.29 is 18.8 Å². The molecule has 0 N–H and O–H groups in total. The summed E-state index contributed by atoms with van der Waals surface area (Å²) in [5, 5.41) is 0. The number of likely N-dealkylation sites (tertiary alicyclic amines) is 1. The van der Waals surface area contributed by atoms with Gasteiger partial charge in [-0.1, -0.05) is 17.7 Å². The summed E-state index contributed by atoms with van der Waals surface area (Å²) in [6.45, 7) is 5.28. The van der Waals surface area contributed by atoms with Crippen molar-refractivity contribution in [3.05, 3.63) is 59.5 Å². The summed E-state index contributed by atoms with van der Waals surface area (Å²) < 4.78 is 5.18. The number of rotatable bonds is 3. The third-order valence-corrected chi connectivity index (χ3v) is 6.04. The number of piperazine rings is 1. The number of nitrogens with zero attached hydrogens (tertiary/aromatic N) is 3.